The fraction of sp³-hybridized carbons (Fsp3) is 0.750. The molecule has 0 spiro atoms. The van der Waals surface area contributed by atoms with E-state index in [2.05, 4.69) is 9.99 Å². The lowest BCUT2D eigenvalue weighted by atomic mass is 10.0. The number of nitrogens with one attached hydrogen (secondary N) is 1. The zero-order chi connectivity index (χ0) is 14.8. The van der Waals surface area contributed by atoms with Gasteiger partial charge < -0.3 is 0 Å². The summed E-state index contributed by atoms with van der Waals surface area (Å²) in [5.74, 6) is 0. The van der Waals surface area contributed by atoms with Crippen LogP contribution < -0.4 is 5.32 Å². The minimum Gasteiger partial charge on any atom is -0.298 e. The Hall–Kier alpha value is -1.48. The van der Waals surface area contributed by atoms with Crippen molar-refractivity contribution in [2.45, 2.75) is 38.7 Å². The van der Waals surface area contributed by atoms with Gasteiger partial charge in [-0.15, -0.1) is 0 Å². The van der Waals surface area contributed by atoms with Crippen molar-refractivity contribution in [3.63, 3.8) is 0 Å². The maximum Gasteiger partial charge on any atom is 0.434 e. The summed E-state index contributed by atoms with van der Waals surface area (Å²) < 4.78 is 74.0. The van der Waals surface area contributed by atoms with Gasteiger partial charge >= 0.3 is 18.4 Å². The molecule has 0 rings (SSSR count). The van der Waals surface area contributed by atoms with Crippen LogP contribution in [0.25, 0.3) is 0 Å². The first-order chi connectivity index (χ1) is 7.81. The van der Waals surface area contributed by atoms with Gasteiger partial charge in [0.2, 0.25) is 5.54 Å². The largest absolute Gasteiger partial charge is 0.434 e. The number of rotatable bonds is 2. The van der Waals surface area contributed by atoms with Crippen LogP contribution in [0.1, 0.15) is 20.8 Å². The quantitative estimate of drug-likeness (QED) is 0.366. The van der Waals surface area contributed by atoms with E-state index in [1.807, 2.05) is 0 Å². The van der Waals surface area contributed by atoms with Crippen LogP contribution in [0, 0.1) is 0 Å². The average molecular weight is 280 g/mol. The molecular formula is C8H10F6N2O2. The van der Waals surface area contributed by atoms with E-state index in [9.17, 15) is 31.1 Å². The third-order valence-corrected chi connectivity index (χ3v) is 1.80. The topological polar surface area (TPSA) is 50.7 Å². The Morgan fingerprint density at radius 1 is 1.06 bits per heavy atom. The van der Waals surface area contributed by atoms with Crippen molar-refractivity contribution in [3.05, 3.63) is 0 Å². The first-order valence-corrected chi connectivity index (χ1v) is 4.45. The predicted octanol–water partition coefficient (Wildman–Crippen LogP) is 2.99. The molecule has 0 aliphatic carbocycles. The highest BCUT2D eigenvalue weighted by atomic mass is 19.4. The molecule has 0 aromatic heterocycles. The molecule has 0 radical (unpaired) electrons. The molecule has 0 aliphatic rings. The average Bonchev–Trinajstić information content (AvgIpc) is 2.10. The van der Waals surface area contributed by atoms with E-state index >= 15 is 0 Å². The van der Waals surface area contributed by atoms with Gasteiger partial charge in [-0.2, -0.15) is 26.3 Å². The molecular weight excluding hydrogens is 270 g/mol. The molecule has 1 N–H and O–H groups in total. The van der Waals surface area contributed by atoms with Gasteiger partial charge in [0.25, 0.3) is 0 Å². The van der Waals surface area contributed by atoms with E-state index in [0.717, 1.165) is 0 Å². The SMILES string of the molecule is CC(C)=NOC(=O)NC(C)(C(F)(F)F)C(F)(F)F. The molecule has 0 unspecified atom stereocenters. The van der Waals surface area contributed by atoms with Gasteiger partial charge in [0.1, 0.15) is 0 Å². The minimum absolute atomic E-state index is 0.144. The molecule has 0 aromatic rings. The fourth-order valence-electron chi connectivity index (χ4n) is 0.662. The maximum absolute atomic E-state index is 12.3. The van der Waals surface area contributed by atoms with Crippen molar-refractivity contribution < 1.29 is 36.0 Å². The lowest BCUT2D eigenvalue weighted by Crippen LogP contribution is -2.65. The van der Waals surface area contributed by atoms with E-state index in [0.29, 0.717) is 5.32 Å². The summed E-state index contributed by atoms with van der Waals surface area (Å²) in [6, 6.07) is 0. The second kappa shape index (κ2) is 5.02. The standard InChI is InChI=1S/C8H10F6N2O2/c1-4(2)16-18-5(17)15-6(3,7(9,10)11)8(12,13)14/h1-3H3,(H,15,17). The Labute approximate surface area is 98.0 Å². The maximum atomic E-state index is 12.3. The highest BCUT2D eigenvalue weighted by Crippen LogP contribution is 2.42. The van der Waals surface area contributed by atoms with Gasteiger partial charge in [-0.25, -0.2) is 4.79 Å². The Morgan fingerprint density at radius 2 is 1.44 bits per heavy atom. The molecule has 1 amide bonds. The number of oxime groups is 1. The van der Waals surface area contributed by atoms with E-state index in [1.54, 1.807) is 0 Å². The number of amides is 1. The van der Waals surface area contributed by atoms with Crippen LogP contribution in [-0.2, 0) is 4.84 Å². The summed E-state index contributed by atoms with van der Waals surface area (Å²) in [6.07, 6.45) is -13.4. The highest BCUT2D eigenvalue weighted by molar-refractivity contribution is 5.79. The number of hydrogen-bond acceptors (Lipinski definition) is 3. The van der Waals surface area contributed by atoms with E-state index in [-0.39, 0.29) is 12.6 Å². The summed E-state index contributed by atoms with van der Waals surface area (Å²) in [4.78, 5) is 14.6. The molecule has 106 valence electrons. The van der Waals surface area contributed by atoms with Gasteiger partial charge in [-0.05, 0) is 20.8 Å². The minimum atomic E-state index is -5.73. The summed E-state index contributed by atoms with van der Waals surface area (Å²) >= 11 is 0. The second-order valence-corrected chi connectivity index (χ2v) is 3.66. The highest BCUT2D eigenvalue weighted by Gasteiger charge is 2.69. The number of nitrogens with zero attached hydrogens (tertiary/aromatic N) is 1. The Balaban J connectivity index is 5.07. The first kappa shape index (κ1) is 16.5. The molecule has 4 nitrogen and oxygen atoms in total. The molecule has 0 saturated heterocycles. The van der Waals surface area contributed by atoms with E-state index in [4.69, 9.17) is 0 Å². The van der Waals surface area contributed by atoms with Crippen LogP contribution in [0.5, 0.6) is 0 Å². The smallest absolute Gasteiger partial charge is 0.298 e. The molecule has 0 saturated carbocycles. The van der Waals surface area contributed by atoms with Crippen LogP contribution in [0.4, 0.5) is 31.1 Å². The van der Waals surface area contributed by atoms with E-state index < -0.39 is 24.0 Å². The van der Waals surface area contributed by atoms with Gasteiger partial charge in [0.15, 0.2) is 0 Å². The molecule has 0 aliphatic heterocycles. The molecule has 0 aromatic carbocycles. The number of hydrogen-bond donors (Lipinski definition) is 1. The lowest BCUT2D eigenvalue weighted by Gasteiger charge is -2.33. The van der Waals surface area contributed by atoms with Crippen molar-refractivity contribution in [2.75, 3.05) is 0 Å². The fourth-order valence-corrected chi connectivity index (χ4v) is 0.662. The zero-order valence-corrected chi connectivity index (χ0v) is 9.53. The number of alkyl halides is 6. The Kier molecular flexibility index (Phi) is 4.61. The predicted molar refractivity (Wildman–Crippen MR) is 48.9 cm³/mol. The van der Waals surface area contributed by atoms with Crippen molar-refractivity contribution >= 4 is 11.8 Å². The van der Waals surface area contributed by atoms with Crippen molar-refractivity contribution in [1.29, 1.82) is 0 Å². The van der Waals surface area contributed by atoms with Crippen molar-refractivity contribution in [3.8, 4) is 0 Å². The summed E-state index contributed by atoms with van der Waals surface area (Å²) in [7, 11) is 0. The summed E-state index contributed by atoms with van der Waals surface area (Å²) in [5.41, 5.74) is -4.26. The van der Waals surface area contributed by atoms with Gasteiger partial charge in [-0.3, -0.25) is 10.2 Å². The first-order valence-electron chi connectivity index (χ1n) is 4.45. The monoisotopic (exact) mass is 280 g/mol. The van der Waals surface area contributed by atoms with Crippen molar-refractivity contribution in [1.82, 2.24) is 5.32 Å². The van der Waals surface area contributed by atoms with Crippen LogP contribution in [-0.4, -0.2) is 29.7 Å². The summed E-state index contributed by atoms with van der Waals surface area (Å²) in [6.45, 7) is 2.46. The van der Waals surface area contributed by atoms with Crippen LogP contribution >= 0.6 is 0 Å². The molecule has 10 heteroatoms. The second-order valence-electron chi connectivity index (χ2n) is 3.66. The third kappa shape index (κ3) is 3.77. The number of halogens is 6. The molecule has 0 bridgehead atoms. The van der Waals surface area contributed by atoms with Crippen LogP contribution in [0.2, 0.25) is 0 Å². The third-order valence-electron chi connectivity index (χ3n) is 1.80. The Morgan fingerprint density at radius 3 is 1.72 bits per heavy atom. The lowest BCUT2D eigenvalue weighted by molar-refractivity contribution is -0.298. The van der Waals surface area contributed by atoms with Gasteiger partial charge in [0.05, 0.1) is 5.71 Å². The van der Waals surface area contributed by atoms with Crippen LogP contribution in [0.15, 0.2) is 5.16 Å². The van der Waals surface area contributed by atoms with Gasteiger partial charge in [-0.1, -0.05) is 5.16 Å². The Bertz CT molecular complexity index is 328. The van der Waals surface area contributed by atoms with Crippen molar-refractivity contribution in [2.24, 2.45) is 5.16 Å². The molecule has 18 heavy (non-hydrogen) atoms. The molecule has 0 atom stereocenters. The van der Waals surface area contributed by atoms with E-state index in [1.165, 1.54) is 13.8 Å². The number of carbonyl (C=O) groups excluding carboxylic acids is 1. The normalized spacial score (nSPS) is 12.9. The zero-order valence-electron chi connectivity index (χ0n) is 9.53. The van der Waals surface area contributed by atoms with Gasteiger partial charge in [0, 0.05) is 0 Å². The van der Waals surface area contributed by atoms with Crippen LogP contribution in [0.3, 0.4) is 0 Å². The summed E-state index contributed by atoms with van der Waals surface area (Å²) in [5, 5.41) is 3.65. The molecule has 0 heterocycles. The number of carbonyl (C=O) groups is 1. The molecule has 0 fully saturated rings.